The molecule has 3 saturated heterocycles. The molecule has 0 spiro atoms. The van der Waals surface area contributed by atoms with E-state index in [-0.39, 0.29) is 127 Å². The Kier molecular flexibility index (Phi) is 41.2. The molecule has 0 bridgehead atoms. The van der Waals surface area contributed by atoms with Gasteiger partial charge in [0.15, 0.2) is 0 Å². The van der Waals surface area contributed by atoms with E-state index in [0.29, 0.717) is 35.9 Å². The van der Waals surface area contributed by atoms with Gasteiger partial charge < -0.3 is 49.2 Å². The van der Waals surface area contributed by atoms with E-state index in [1.165, 1.54) is 29.2 Å². The second kappa shape index (κ2) is 43.8. The third kappa shape index (κ3) is 28.7. The maximum absolute atomic E-state index is 14.3. The molecule has 5 heterocycles. The molecule has 5 N–H and O–H groups in total. The molecule has 0 saturated carbocycles. The molecule has 22 heteroatoms. The Morgan fingerprint density at radius 2 is 1.07 bits per heavy atom. The summed E-state index contributed by atoms with van der Waals surface area (Å²) >= 11 is 2.33. The number of hydrogen-bond acceptors (Lipinski definition) is 15. The van der Waals surface area contributed by atoms with Gasteiger partial charge in [0.2, 0.25) is 0 Å². The van der Waals surface area contributed by atoms with Crippen LogP contribution >= 0.6 is 22.7 Å². The van der Waals surface area contributed by atoms with E-state index in [1.807, 2.05) is 24.3 Å². The van der Waals surface area contributed by atoms with Crippen LogP contribution in [0.3, 0.4) is 0 Å². The molecule has 3 fully saturated rings. The van der Waals surface area contributed by atoms with Crippen molar-refractivity contribution < 1.29 is 138 Å². The van der Waals surface area contributed by atoms with Crippen LogP contribution in [0.4, 0.5) is 25.4 Å². The van der Waals surface area contributed by atoms with Crippen LogP contribution in [0.2, 0.25) is 0 Å². The van der Waals surface area contributed by atoms with E-state index in [0.717, 1.165) is 117 Å². The second-order valence-electron chi connectivity index (χ2n) is 20.1. The normalized spacial score (nSPS) is 16.4. The second-order valence-corrected chi connectivity index (χ2v) is 22.4. The molecule has 2 amide bonds. The molecular weight excluding hydrogens is 1240 g/mol. The molecule has 2 aromatic carbocycles. The van der Waals surface area contributed by atoms with E-state index in [9.17, 15) is 28.7 Å². The van der Waals surface area contributed by atoms with E-state index in [1.54, 1.807) is 53.4 Å². The van der Waals surface area contributed by atoms with Gasteiger partial charge in [-0.25, -0.2) is 23.6 Å². The van der Waals surface area contributed by atoms with Crippen molar-refractivity contribution in [3.8, 4) is 0 Å². The Hall–Kier alpha value is -2.82. The fourth-order valence-electron chi connectivity index (χ4n) is 8.25. The van der Waals surface area contributed by atoms with Crippen LogP contribution in [0.1, 0.15) is 158 Å². The molecule has 4 atom stereocenters. The van der Waals surface area contributed by atoms with Gasteiger partial charge in [0.25, 0.3) is 0 Å². The largest absolute Gasteiger partial charge is 0.477 e. The first kappa shape index (κ1) is 76.2. The van der Waals surface area contributed by atoms with Crippen molar-refractivity contribution in [1.29, 1.82) is 0 Å². The summed E-state index contributed by atoms with van der Waals surface area (Å²) in [4.78, 5) is 54.0. The van der Waals surface area contributed by atoms with Crippen LogP contribution in [0.25, 0.3) is 0 Å². The minimum Gasteiger partial charge on any atom is -0.477 e. The first-order chi connectivity index (χ1) is 38.0. The number of amides is 2. The number of anilines is 2. The third-order valence-corrected chi connectivity index (χ3v) is 14.9. The number of ether oxygens (including phenoxy) is 5. The molecule has 2 aromatic heterocycles. The SMILES string of the molecule is CC(C)CCN1CCOCC1.CC(C)CCO.CCCCCC(F)c1ccc(N2C(=O)OC[C@@H]2COCc2ccc(C(=O)O)s2)cc1.CCCCCC(O)c1ccc(N2C(=O)OC[C@@H]2COCc2ccc(C(=O)O)s2)cc1.CO.[Y].[Y]. The smallest absolute Gasteiger partial charge is 0.414 e. The number of rotatable bonds is 27. The summed E-state index contributed by atoms with van der Waals surface area (Å²) < 4.78 is 41.4. The van der Waals surface area contributed by atoms with Crippen LogP contribution < -0.4 is 9.80 Å². The number of carbonyl (C=O) groups is 4. The summed E-state index contributed by atoms with van der Waals surface area (Å²) in [6.45, 7) is 20.1. The minimum atomic E-state index is -1.00. The van der Waals surface area contributed by atoms with Crippen LogP contribution in [0.15, 0.2) is 72.8 Å². The minimum absolute atomic E-state index is 0. The zero-order chi connectivity index (χ0) is 58.1. The number of benzene rings is 2. The Labute approximate surface area is 538 Å². The molecule has 448 valence electrons. The summed E-state index contributed by atoms with van der Waals surface area (Å²) in [5.41, 5.74) is 2.78. The van der Waals surface area contributed by atoms with Gasteiger partial charge in [0, 0.05) is 113 Å². The number of carboxylic acids is 2. The van der Waals surface area contributed by atoms with Gasteiger partial charge in [-0.1, -0.05) is 104 Å². The molecular formula is C59H88FN3O14S2Y2. The van der Waals surface area contributed by atoms with Gasteiger partial charge in [-0.05, 0) is 104 Å². The van der Waals surface area contributed by atoms with Crippen molar-refractivity contribution in [2.75, 3.05) is 82.8 Å². The van der Waals surface area contributed by atoms with Crippen molar-refractivity contribution in [3.63, 3.8) is 0 Å². The predicted molar refractivity (Wildman–Crippen MR) is 308 cm³/mol. The van der Waals surface area contributed by atoms with Crippen LogP contribution in [-0.2, 0) is 102 Å². The van der Waals surface area contributed by atoms with Crippen molar-refractivity contribution in [2.24, 2.45) is 11.8 Å². The summed E-state index contributed by atoms with van der Waals surface area (Å²) in [5.74, 6) is -0.435. The molecule has 3 aliphatic heterocycles. The topological polar surface area (TPSA) is 225 Å². The molecule has 4 aromatic rings. The number of hydrogen-bond donors (Lipinski definition) is 5. The Morgan fingerprint density at radius 1 is 0.642 bits per heavy atom. The van der Waals surface area contributed by atoms with Gasteiger partial charge in [-0.2, -0.15) is 0 Å². The summed E-state index contributed by atoms with van der Waals surface area (Å²) in [6.07, 6.45) is 7.20. The van der Waals surface area contributed by atoms with E-state index in [4.69, 9.17) is 44.1 Å². The standard InChI is InChI=1S/C22H26FNO5S.C22H27NO6S.C9H19NO.C5H12O.CH4O.2Y/c1-2-3-4-5-19(23)15-6-8-16(9-7-15)24-17(13-29-22(24)27)12-28-14-18-10-11-20(30-18)21(25)26;1-2-3-4-5-19(24)15-6-8-16(9-7-15)23-17(13-29-22(23)27)12-28-14-18-10-11-20(30-18)21(25)26;1-9(2)3-4-10-5-7-11-8-6-10;1-5(2)3-4-6;1-2;;/h6-11,17,19H,2-5,12-14H2,1H3,(H,25,26);6-11,17,19,24H,2-5,12-14H2,1H3,(H,25,26);9H,3-8H2,1-2H3;5-6H,3-4H2,1-2H3;2H,1H3;;/t2*17-,19?;;;;;/m00...../s1. The van der Waals surface area contributed by atoms with Crippen molar-refractivity contribution in [2.45, 2.75) is 143 Å². The zero-order valence-corrected chi connectivity index (χ0v) is 55.9. The fraction of sp³-hybridized carbons (Fsp3) is 0.593. The fourth-order valence-corrected chi connectivity index (χ4v) is 9.82. The van der Waals surface area contributed by atoms with Gasteiger partial charge in [-0.15, -0.1) is 22.7 Å². The van der Waals surface area contributed by atoms with Gasteiger partial charge in [0.05, 0.1) is 57.8 Å². The molecule has 3 aliphatic rings. The van der Waals surface area contributed by atoms with Crippen LogP contribution in [0, 0.1) is 11.8 Å². The summed E-state index contributed by atoms with van der Waals surface area (Å²) in [6, 6.07) is 20.2. The van der Waals surface area contributed by atoms with E-state index >= 15 is 0 Å². The monoisotopic (exact) mass is 1320 g/mol. The van der Waals surface area contributed by atoms with E-state index < -0.39 is 36.4 Å². The third-order valence-electron chi connectivity index (χ3n) is 12.8. The summed E-state index contributed by atoms with van der Waals surface area (Å²) in [7, 11) is 1.00. The number of morpholine rings is 1. The quantitative estimate of drug-likeness (QED) is 0.0350. The molecule has 0 aliphatic carbocycles. The molecule has 2 radical (unpaired) electrons. The average Bonchev–Trinajstić information content (AvgIpc) is 4.28. The Balaban J connectivity index is 0.000000604. The maximum Gasteiger partial charge on any atom is 0.414 e. The van der Waals surface area contributed by atoms with Gasteiger partial charge in [0.1, 0.15) is 29.1 Å². The number of alkyl halides is 1. The number of halogens is 1. The molecule has 81 heavy (non-hydrogen) atoms. The number of aromatic carboxylic acids is 2. The number of thiophene rings is 2. The predicted octanol–water partition coefficient (Wildman–Crippen LogP) is 12.2. The molecule has 7 rings (SSSR count). The summed E-state index contributed by atoms with van der Waals surface area (Å²) in [5, 5.41) is 43.5. The Morgan fingerprint density at radius 3 is 1.46 bits per heavy atom. The average molecular weight is 1320 g/mol. The number of carboxylic acid groups (broad SMARTS) is 2. The first-order valence-corrected chi connectivity index (χ1v) is 29.3. The zero-order valence-electron chi connectivity index (χ0n) is 48.5. The van der Waals surface area contributed by atoms with Gasteiger partial charge in [-0.3, -0.25) is 14.7 Å². The number of aliphatic hydroxyl groups is 3. The number of aliphatic hydroxyl groups excluding tert-OH is 3. The van der Waals surface area contributed by atoms with Crippen molar-refractivity contribution in [1.82, 2.24) is 4.90 Å². The number of cyclic esters (lactones) is 2. The van der Waals surface area contributed by atoms with E-state index in [2.05, 4.69) is 46.4 Å². The van der Waals surface area contributed by atoms with Crippen molar-refractivity contribution in [3.05, 3.63) is 103 Å². The number of unbranched alkanes of at least 4 members (excludes halogenated alkanes) is 4. The molecule has 17 nitrogen and oxygen atoms in total. The number of nitrogens with zero attached hydrogens (tertiary/aromatic N) is 3. The Bertz CT molecular complexity index is 2180. The molecule has 2 unspecified atom stereocenters. The maximum atomic E-state index is 14.3. The van der Waals surface area contributed by atoms with Crippen LogP contribution in [0.5, 0.6) is 0 Å². The first-order valence-electron chi connectivity index (χ1n) is 27.6. The number of carbonyl (C=O) groups excluding carboxylic acids is 2. The van der Waals surface area contributed by atoms with Gasteiger partial charge >= 0.3 is 24.1 Å². The van der Waals surface area contributed by atoms with Crippen molar-refractivity contribution >= 4 is 58.2 Å². The van der Waals surface area contributed by atoms with Crippen LogP contribution in [-0.4, -0.2) is 140 Å².